The number of hydrogen-bond donors (Lipinski definition) is 1. The fraction of sp³-hybridized carbons (Fsp3) is 0.667. The van der Waals surface area contributed by atoms with E-state index in [9.17, 15) is 4.79 Å². The maximum atomic E-state index is 11.5. The van der Waals surface area contributed by atoms with Gasteiger partial charge in [0.1, 0.15) is 5.02 Å². The number of rotatable bonds is 3. The van der Waals surface area contributed by atoms with Crippen LogP contribution in [-0.4, -0.2) is 22.6 Å². The third kappa shape index (κ3) is 2.63. The van der Waals surface area contributed by atoms with Crippen molar-refractivity contribution in [3.63, 3.8) is 0 Å². The highest BCUT2D eigenvalue weighted by Gasteiger charge is 2.25. The SMILES string of the molecule is CCCC1CCCCN1c1nc[nH]c(=O)c1Cl. The molecule has 5 heteroatoms. The third-order valence-corrected chi connectivity index (χ3v) is 3.64. The number of hydrogen-bond acceptors (Lipinski definition) is 3. The lowest BCUT2D eigenvalue weighted by molar-refractivity contribution is 0.431. The Labute approximate surface area is 106 Å². The molecule has 0 aliphatic carbocycles. The first-order chi connectivity index (χ1) is 8.24. The predicted molar refractivity (Wildman–Crippen MR) is 69.8 cm³/mol. The van der Waals surface area contributed by atoms with Gasteiger partial charge in [0.15, 0.2) is 5.82 Å². The zero-order chi connectivity index (χ0) is 12.3. The number of aromatic amines is 1. The van der Waals surface area contributed by atoms with Gasteiger partial charge in [-0.05, 0) is 25.7 Å². The Hall–Kier alpha value is -1.03. The van der Waals surface area contributed by atoms with Crippen LogP contribution in [0.15, 0.2) is 11.1 Å². The van der Waals surface area contributed by atoms with Gasteiger partial charge in [0.05, 0.1) is 6.33 Å². The molecule has 1 atom stereocenters. The Bertz CT molecular complexity index is 430. The minimum Gasteiger partial charge on any atom is -0.352 e. The quantitative estimate of drug-likeness (QED) is 0.903. The van der Waals surface area contributed by atoms with Crippen LogP contribution in [0.5, 0.6) is 0 Å². The molecule has 1 unspecified atom stereocenters. The second kappa shape index (κ2) is 5.54. The van der Waals surface area contributed by atoms with E-state index in [1.54, 1.807) is 0 Å². The third-order valence-electron chi connectivity index (χ3n) is 3.30. The maximum absolute atomic E-state index is 11.5. The summed E-state index contributed by atoms with van der Waals surface area (Å²) in [6.07, 6.45) is 7.26. The molecule has 1 fully saturated rings. The first kappa shape index (κ1) is 12.4. The molecule has 0 saturated carbocycles. The molecule has 0 amide bonds. The van der Waals surface area contributed by atoms with E-state index in [4.69, 9.17) is 11.6 Å². The molecule has 2 rings (SSSR count). The van der Waals surface area contributed by atoms with Crippen LogP contribution in [0, 0.1) is 0 Å². The van der Waals surface area contributed by atoms with Crippen molar-refractivity contribution in [1.82, 2.24) is 9.97 Å². The highest BCUT2D eigenvalue weighted by atomic mass is 35.5. The van der Waals surface area contributed by atoms with Crippen LogP contribution in [0.3, 0.4) is 0 Å². The summed E-state index contributed by atoms with van der Waals surface area (Å²) in [5, 5.41) is 0.218. The van der Waals surface area contributed by atoms with Crippen LogP contribution in [0.1, 0.15) is 39.0 Å². The van der Waals surface area contributed by atoms with Crippen LogP contribution >= 0.6 is 11.6 Å². The molecule has 1 aliphatic heterocycles. The molecule has 1 saturated heterocycles. The van der Waals surface area contributed by atoms with Gasteiger partial charge in [-0.1, -0.05) is 24.9 Å². The Morgan fingerprint density at radius 2 is 2.41 bits per heavy atom. The predicted octanol–water partition coefficient (Wildman–Crippen LogP) is 2.58. The Morgan fingerprint density at radius 1 is 1.59 bits per heavy atom. The fourth-order valence-corrected chi connectivity index (χ4v) is 2.70. The topological polar surface area (TPSA) is 49.0 Å². The van der Waals surface area contributed by atoms with Crippen LogP contribution in [-0.2, 0) is 0 Å². The van der Waals surface area contributed by atoms with Crippen molar-refractivity contribution in [2.45, 2.75) is 45.1 Å². The lowest BCUT2D eigenvalue weighted by Crippen LogP contribution is -2.40. The second-order valence-electron chi connectivity index (χ2n) is 4.50. The van der Waals surface area contributed by atoms with Gasteiger partial charge in [0, 0.05) is 12.6 Å². The molecule has 1 aromatic heterocycles. The lowest BCUT2D eigenvalue weighted by atomic mass is 9.98. The molecule has 1 aliphatic rings. The average molecular weight is 256 g/mol. The van der Waals surface area contributed by atoms with E-state index in [1.165, 1.54) is 19.2 Å². The van der Waals surface area contributed by atoms with Crippen LogP contribution < -0.4 is 10.5 Å². The first-order valence-corrected chi connectivity index (χ1v) is 6.61. The molecule has 0 bridgehead atoms. The fourth-order valence-electron chi connectivity index (χ4n) is 2.49. The van der Waals surface area contributed by atoms with Gasteiger partial charge in [-0.2, -0.15) is 0 Å². The molecule has 4 nitrogen and oxygen atoms in total. The Morgan fingerprint density at radius 3 is 3.18 bits per heavy atom. The van der Waals surface area contributed by atoms with Crippen molar-refractivity contribution >= 4 is 17.4 Å². The number of halogens is 1. The van der Waals surface area contributed by atoms with Crippen molar-refractivity contribution in [3.8, 4) is 0 Å². The average Bonchev–Trinajstić information content (AvgIpc) is 2.34. The summed E-state index contributed by atoms with van der Waals surface area (Å²) in [5.41, 5.74) is -0.252. The number of anilines is 1. The molecule has 1 N–H and O–H groups in total. The van der Waals surface area contributed by atoms with Gasteiger partial charge in [-0.25, -0.2) is 4.98 Å². The molecule has 0 aromatic carbocycles. The molecule has 2 heterocycles. The Balaban J connectivity index is 2.29. The van der Waals surface area contributed by atoms with Gasteiger partial charge < -0.3 is 9.88 Å². The zero-order valence-corrected chi connectivity index (χ0v) is 10.8. The summed E-state index contributed by atoms with van der Waals surface area (Å²) in [5.74, 6) is 0.647. The molecule has 0 radical (unpaired) electrons. The van der Waals surface area contributed by atoms with Gasteiger partial charge >= 0.3 is 0 Å². The van der Waals surface area contributed by atoms with E-state index >= 15 is 0 Å². The zero-order valence-electron chi connectivity index (χ0n) is 10.1. The lowest BCUT2D eigenvalue weighted by Gasteiger charge is -2.36. The molecule has 94 valence electrons. The van der Waals surface area contributed by atoms with Crippen molar-refractivity contribution in [2.75, 3.05) is 11.4 Å². The van der Waals surface area contributed by atoms with Crippen molar-refractivity contribution < 1.29 is 0 Å². The molecule has 17 heavy (non-hydrogen) atoms. The highest BCUT2D eigenvalue weighted by molar-refractivity contribution is 6.32. The highest BCUT2D eigenvalue weighted by Crippen LogP contribution is 2.28. The number of nitrogens with one attached hydrogen (secondary N) is 1. The van der Waals surface area contributed by atoms with E-state index in [2.05, 4.69) is 21.8 Å². The number of H-pyrrole nitrogens is 1. The summed E-state index contributed by atoms with van der Waals surface area (Å²) in [7, 11) is 0. The van der Waals surface area contributed by atoms with Crippen molar-refractivity contribution in [2.24, 2.45) is 0 Å². The smallest absolute Gasteiger partial charge is 0.271 e. The monoisotopic (exact) mass is 255 g/mol. The summed E-state index contributed by atoms with van der Waals surface area (Å²) in [4.78, 5) is 20.4. The summed E-state index contributed by atoms with van der Waals surface area (Å²) >= 11 is 6.04. The summed E-state index contributed by atoms with van der Waals surface area (Å²) < 4.78 is 0. The standard InChI is InChI=1S/C12H18ClN3O/c1-2-5-9-6-3-4-7-16(9)11-10(13)12(17)15-8-14-11/h8-9H,2-7H2,1H3,(H,14,15,17). The normalized spacial score (nSPS) is 20.6. The van der Waals surface area contributed by atoms with Crippen molar-refractivity contribution in [1.29, 1.82) is 0 Å². The van der Waals surface area contributed by atoms with Crippen LogP contribution in [0.2, 0.25) is 5.02 Å². The summed E-state index contributed by atoms with van der Waals surface area (Å²) in [6, 6.07) is 0.473. The number of aromatic nitrogens is 2. The summed E-state index contributed by atoms with van der Waals surface area (Å²) in [6.45, 7) is 3.13. The van der Waals surface area contributed by atoms with E-state index < -0.39 is 0 Å². The molecular formula is C12H18ClN3O. The number of nitrogens with zero attached hydrogens (tertiary/aromatic N) is 2. The minimum absolute atomic E-state index is 0.218. The second-order valence-corrected chi connectivity index (χ2v) is 4.88. The molecular weight excluding hydrogens is 238 g/mol. The minimum atomic E-state index is -0.252. The first-order valence-electron chi connectivity index (χ1n) is 6.24. The van der Waals surface area contributed by atoms with E-state index in [0.29, 0.717) is 11.9 Å². The maximum Gasteiger partial charge on any atom is 0.271 e. The van der Waals surface area contributed by atoms with E-state index in [1.807, 2.05) is 0 Å². The van der Waals surface area contributed by atoms with Crippen LogP contribution in [0.25, 0.3) is 0 Å². The van der Waals surface area contributed by atoms with E-state index in [-0.39, 0.29) is 10.6 Å². The number of piperidine rings is 1. The molecule has 1 aromatic rings. The largest absolute Gasteiger partial charge is 0.352 e. The van der Waals surface area contributed by atoms with Crippen LogP contribution in [0.4, 0.5) is 5.82 Å². The van der Waals surface area contributed by atoms with Gasteiger partial charge in [0.25, 0.3) is 5.56 Å². The Kier molecular flexibility index (Phi) is 4.05. The molecule has 0 spiro atoms. The van der Waals surface area contributed by atoms with Crippen molar-refractivity contribution in [3.05, 3.63) is 21.7 Å². The van der Waals surface area contributed by atoms with Gasteiger partial charge in [0.2, 0.25) is 0 Å². The van der Waals surface area contributed by atoms with Gasteiger partial charge in [-0.3, -0.25) is 4.79 Å². The van der Waals surface area contributed by atoms with E-state index in [0.717, 1.165) is 25.8 Å². The van der Waals surface area contributed by atoms with Gasteiger partial charge in [-0.15, -0.1) is 0 Å².